The lowest BCUT2D eigenvalue weighted by atomic mass is 9.80. The molecule has 0 bridgehead atoms. The smallest absolute Gasteiger partial charge is 0.291 e. The first-order valence-electron chi connectivity index (χ1n) is 12.5. The van der Waals surface area contributed by atoms with Gasteiger partial charge >= 0.3 is 0 Å². The van der Waals surface area contributed by atoms with Crippen molar-refractivity contribution in [2.45, 2.75) is 59.0 Å². The van der Waals surface area contributed by atoms with Crippen LogP contribution in [0.5, 0.6) is 23.2 Å². The molecule has 2 unspecified atom stereocenters. The van der Waals surface area contributed by atoms with Gasteiger partial charge in [-0.15, -0.1) is 0 Å². The van der Waals surface area contributed by atoms with E-state index < -0.39 is 5.91 Å². The molecule has 1 amide bonds. The number of hydrogen-bond acceptors (Lipinski definition) is 6. The van der Waals surface area contributed by atoms with Gasteiger partial charge in [-0.05, 0) is 42.5 Å². The quantitative estimate of drug-likeness (QED) is 0.368. The van der Waals surface area contributed by atoms with Gasteiger partial charge in [0.1, 0.15) is 29.0 Å². The van der Waals surface area contributed by atoms with E-state index in [-0.39, 0.29) is 23.2 Å². The number of hydrogen-bond donors (Lipinski definition) is 1. The van der Waals surface area contributed by atoms with E-state index in [1.807, 2.05) is 0 Å². The summed E-state index contributed by atoms with van der Waals surface area (Å²) in [6.07, 6.45) is -0.146. The van der Waals surface area contributed by atoms with Gasteiger partial charge in [0.25, 0.3) is 11.9 Å². The SMILES string of the molecule is COc1cc(OC)c(NC(=O)c2ccc(OC3C(C(C)C)c4c(C)cc(C)cc4C3(C)C)o2)c(OC)c1. The van der Waals surface area contributed by atoms with Crippen molar-refractivity contribution in [3.05, 3.63) is 64.4 Å². The maximum absolute atomic E-state index is 13.1. The highest BCUT2D eigenvalue weighted by molar-refractivity contribution is 6.04. The summed E-state index contributed by atoms with van der Waals surface area (Å²) in [5, 5.41) is 2.83. The minimum atomic E-state index is -0.447. The molecule has 0 saturated heterocycles. The van der Waals surface area contributed by atoms with E-state index >= 15 is 0 Å². The predicted octanol–water partition coefficient (Wildman–Crippen LogP) is 6.65. The maximum atomic E-state index is 13.1. The van der Waals surface area contributed by atoms with Crippen molar-refractivity contribution < 1.29 is 28.2 Å². The Bertz CT molecular complexity index is 1280. The van der Waals surface area contributed by atoms with Crippen LogP contribution in [-0.2, 0) is 5.41 Å². The summed E-state index contributed by atoms with van der Waals surface area (Å²) in [5.41, 5.74) is 5.35. The number of rotatable bonds is 8. The minimum Gasteiger partial charge on any atom is -0.496 e. The molecule has 1 aliphatic rings. The number of carbonyl (C=O) groups excluding carboxylic acids is 1. The highest BCUT2D eigenvalue weighted by atomic mass is 16.6. The monoisotopic (exact) mass is 507 g/mol. The number of methoxy groups -OCH3 is 3. The average Bonchev–Trinajstić information content (AvgIpc) is 3.40. The topological polar surface area (TPSA) is 79.2 Å². The van der Waals surface area contributed by atoms with Crippen molar-refractivity contribution in [2.75, 3.05) is 26.6 Å². The predicted molar refractivity (Wildman–Crippen MR) is 144 cm³/mol. The van der Waals surface area contributed by atoms with Crippen molar-refractivity contribution in [3.63, 3.8) is 0 Å². The number of carbonyl (C=O) groups is 1. The number of anilines is 1. The molecule has 4 rings (SSSR count). The number of nitrogens with one attached hydrogen (secondary N) is 1. The molecular formula is C30H37NO6. The fourth-order valence-electron chi connectivity index (χ4n) is 5.55. The molecule has 0 radical (unpaired) electrons. The molecule has 198 valence electrons. The van der Waals surface area contributed by atoms with Gasteiger partial charge in [-0.1, -0.05) is 45.4 Å². The minimum absolute atomic E-state index is 0.122. The van der Waals surface area contributed by atoms with E-state index in [4.69, 9.17) is 23.4 Å². The second kappa shape index (κ2) is 10.0. The molecule has 1 N–H and O–H groups in total. The maximum Gasteiger partial charge on any atom is 0.291 e. The van der Waals surface area contributed by atoms with Crippen LogP contribution in [0.3, 0.4) is 0 Å². The van der Waals surface area contributed by atoms with Crippen LogP contribution >= 0.6 is 0 Å². The van der Waals surface area contributed by atoms with Gasteiger partial charge in [-0.2, -0.15) is 0 Å². The molecule has 3 aromatic rings. The molecule has 1 aliphatic carbocycles. The van der Waals surface area contributed by atoms with E-state index in [0.717, 1.165) is 0 Å². The average molecular weight is 508 g/mol. The first kappa shape index (κ1) is 26.5. The summed E-state index contributed by atoms with van der Waals surface area (Å²) in [7, 11) is 4.57. The Morgan fingerprint density at radius 2 is 1.62 bits per heavy atom. The van der Waals surface area contributed by atoms with Gasteiger partial charge in [0.05, 0.1) is 21.3 Å². The second-order valence-corrected chi connectivity index (χ2v) is 10.6. The zero-order valence-electron chi connectivity index (χ0n) is 23.1. The van der Waals surface area contributed by atoms with Crippen LogP contribution in [0.1, 0.15) is 66.4 Å². The van der Waals surface area contributed by atoms with Crippen molar-refractivity contribution in [3.8, 4) is 23.2 Å². The Hall–Kier alpha value is -3.61. The summed E-state index contributed by atoms with van der Waals surface area (Å²) in [4.78, 5) is 13.1. The fraction of sp³-hybridized carbons (Fsp3) is 0.433. The van der Waals surface area contributed by atoms with Gasteiger partial charge in [-0.3, -0.25) is 4.79 Å². The molecular weight excluding hydrogens is 470 g/mol. The van der Waals surface area contributed by atoms with Gasteiger partial charge in [0.15, 0.2) is 5.76 Å². The molecule has 37 heavy (non-hydrogen) atoms. The van der Waals surface area contributed by atoms with Crippen LogP contribution in [-0.4, -0.2) is 33.3 Å². The van der Waals surface area contributed by atoms with E-state index in [1.54, 1.807) is 31.4 Å². The summed E-state index contributed by atoms with van der Waals surface area (Å²) in [5.74, 6) is 1.90. The molecule has 7 heteroatoms. The number of amides is 1. The van der Waals surface area contributed by atoms with E-state index in [9.17, 15) is 4.79 Å². The Morgan fingerprint density at radius 1 is 0.973 bits per heavy atom. The number of furan rings is 1. The van der Waals surface area contributed by atoms with E-state index in [2.05, 4.69) is 59.0 Å². The third kappa shape index (κ3) is 4.75. The Kier molecular flexibility index (Phi) is 7.18. The van der Waals surface area contributed by atoms with Crippen LogP contribution in [0, 0.1) is 19.8 Å². The first-order chi connectivity index (χ1) is 17.5. The van der Waals surface area contributed by atoms with Crippen molar-refractivity contribution >= 4 is 11.6 Å². The molecule has 0 spiro atoms. The van der Waals surface area contributed by atoms with Crippen molar-refractivity contribution in [2.24, 2.45) is 5.92 Å². The number of ether oxygens (including phenoxy) is 4. The highest BCUT2D eigenvalue weighted by Gasteiger charge is 2.50. The summed E-state index contributed by atoms with van der Waals surface area (Å²) in [6, 6.07) is 11.2. The normalized spacial score (nSPS) is 17.9. The number of fused-ring (bicyclic) bond motifs is 1. The number of benzene rings is 2. The highest BCUT2D eigenvalue weighted by Crippen LogP contribution is 2.52. The molecule has 0 aliphatic heterocycles. The lowest BCUT2D eigenvalue weighted by Gasteiger charge is -2.32. The summed E-state index contributed by atoms with van der Waals surface area (Å²) in [6.45, 7) is 13.2. The molecule has 0 fully saturated rings. The van der Waals surface area contributed by atoms with Gasteiger partial charge in [-0.25, -0.2) is 0 Å². The fourth-order valence-corrected chi connectivity index (χ4v) is 5.55. The Balaban J connectivity index is 1.60. The van der Waals surface area contributed by atoms with Crippen LogP contribution in [0.2, 0.25) is 0 Å². The van der Waals surface area contributed by atoms with Crippen LogP contribution < -0.4 is 24.3 Å². The van der Waals surface area contributed by atoms with Crippen molar-refractivity contribution in [1.29, 1.82) is 0 Å². The van der Waals surface area contributed by atoms with E-state index in [1.165, 1.54) is 36.5 Å². The molecule has 1 heterocycles. The molecule has 7 nitrogen and oxygen atoms in total. The van der Waals surface area contributed by atoms with Gasteiger partial charge in [0.2, 0.25) is 0 Å². The zero-order chi connectivity index (χ0) is 27.1. The lowest BCUT2D eigenvalue weighted by Crippen LogP contribution is -2.38. The first-order valence-corrected chi connectivity index (χ1v) is 12.5. The number of aryl methyl sites for hydroxylation is 2. The third-order valence-corrected chi connectivity index (χ3v) is 7.32. The standard InChI is InChI=1S/C30H37NO6/c1-16(2)25-26-18(4)12-17(3)13-20(26)30(5,6)28(25)37-24-11-10-21(36-24)29(32)31-27-22(34-8)14-19(33-7)15-23(27)35-9/h10-16,25,28H,1-9H3,(H,31,32). The Morgan fingerprint density at radius 3 is 2.19 bits per heavy atom. The van der Waals surface area contributed by atoms with Gasteiger partial charge < -0.3 is 28.7 Å². The second-order valence-electron chi connectivity index (χ2n) is 10.6. The largest absolute Gasteiger partial charge is 0.496 e. The van der Waals surface area contributed by atoms with Crippen LogP contribution in [0.25, 0.3) is 0 Å². The lowest BCUT2D eigenvalue weighted by molar-refractivity contribution is 0.0701. The molecule has 0 saturated carbocycles. The zero-order valence-corrected chi connectivity index (χ0v) is 23.1. The van der Waals surface area contributed by atoms with Crippen LogP contribution in [0.15, 0.2) is 40.8 Å². The Labute approximate surface area is 219 Å². The van der Waals surface area contributed by atoms with Crippen LogP contribution in [0.4, 0.5) is 5.69 Å². The molecule has 1 aromatic heterocycles. The summed E-state index contributed by atoms with van der Waals surface area (Å²) >= 11 is 0. The molecule has 2 aromatic carbocycles. The summed E-state index contributed by atoms with van der Waals surface area (Å²) < 4.78 is 28.6. The van der Waals surface area contributed by atoms with Gasteiger partial charge in [0, 0.05) is 29.5 Å². The van der Waals surface area contributed by atoms with Crippen molar-refractivity contribution in [1.82, 2.24) is 0 Å². The third-order valence-electron chi connectivity index (χ3n) is 7.32. The molecule has 2 atom stereocenters. The van der Waals surface area contributed by atoms with E-state index in [0.29, 0.717) is 34.8 Å².